The van der Waals surface area contributed by atoms with Crippen molar-refractivity contribution in [3.05, 3.63) is 28.0 Å². The standard InChI is InChI=1S/C12H15BrFNO/c13-9-6-11(16)8(5-10(9)14)12(7-15)3-1-2-4-12/h5-6,16H,1-4,7,15H2. The third-order valence-electron chi connectivity index (χ3n) is 3.56. The Balaban J connectivity index is 2.50. The van der Waals surface area contributed by atoms with Gasteiger partial charge in [-0.05, 0) is 40.9 Å². The van der Waals surface area contributed by atoms with Crippen LogP contribution < -0.4 is 5.73 Å². The van der Waals surface area contributed by atoms with E-state index < -0.39 is 0 Å². The van der Waals surface area contributed by atoms with Crippen LogP contribution in [0.4, 0.5) is 4.39 Å². The van der Waals surface area contributed by atoms with Gasteiger partial charge in [-0.3, -0.25) is 0 Å². The smallest absolute Gasteiger partial charge is 0.137 e. The van der Waals surface area contributed by atoms with Crippen LogP contribution in [-0.2, 0) is 5.41 Å². The largest absolute Gasteiger partial charge is 0.508 e. The normalized spacial score (nSPS) is 18.9. The van der Waals surface area contributed by atoms with Crippen LogP contribution in [0, 0.1) is 5.82 Å². The molecule has 1 aromatic rings. The van der Waals surface area contributed by atoms with Crippen molar-refractivity contribution in [2.75, 3.05) is 6.54 Å². The van der Waals surface area contributed by atoms with Gasteiger partial charge in [-0.2, -0.15) is 0 Å². The highest BCUT2D eigenvalue weighted by Gasteiger charge is 2.36. The quantitative estimate of drug-likeness (QED) is 0.878. The third kappa shape index (κ3) is 1.84. The first-order chi connectivity index (χ1) is 7.59. The SMILES string of the molecule is NCC1(c2cc(F)c(Br)cc2O)CCCC1. The summed E-state index contributed by atoms with van der Waals surface area (Å²) in [5, 5.41) is 9.92. The van der Waals surface area contributed by atoms with Gasteiger partial charge in [0.15, 0.2) is 0 Å². The molecule has 0 aromatic heterocycles. The Labute approximate surface area is 103 Å². The average molecular weight is 288 g/mol. The predicted octanol–water partition coefficient (Wildman–Crippen LogP) is 3.06. The molecule has 1 aliphatic carbocycles. The first-order valence-electron chi connectivity index (χ1n) is 5.48. The Morgan fingerprint density at radius 2 is 2.00 bits per heavy atom. The van der Waals surface area contributed by atoms with Crippen molar-refractivity contribution in [2.45, 2.75) is 31.1 Å². The minimum atomic E-state index is -0.340. The maximum Gasteiger partial charge on any atom is 0.137 e. The van der Waals surface area contributed by atoms with E-state index in [9.17, 15) is 9.50 Å². The molecule has 16 heavy (non-hydrogen) atoms. The molecule has 0 aliphatic heterocycles. The maximum atomic E-state index is 13.5. The fourth-order valence-corrected chi connectivity index (χ4v) is 2.93. The van der Waals surface area contributed by atoms with Crippen molar-refractivity contribution in [3.63, 3.8) is 0 Å². The summed E-state index contributed by atoms with van der Waals surface area (Å²) in [4.78, 5) is 0. The molecule has 4 heteroatoms. The van der Waals surface area contributed by atoms with Crippen LogP contribution in [0.1, 0.15) is 31.2 Å². The molecule has 0 atom stereocenters. The summed E-state index contributed by atoms with van der Waals surface area (Å²) in [6, 6.07) is 2.83. The molecule has 1 aliphatic rings. The predicted molar refractivity (Wildman–Crippen MR) is 65.0 cm³/mol. The lowest BCUT2D eigenvalue weighted by atomic mass is 9.78. The molecule has 1 fully saturated rings. The van der Waals surface area contributed by atoms with E-state index in [1.54, 1.807) is 0 Å². The highest BCUT2D eigenvalue weighted by molar-refractivity contribution is 9.10. The van der Waals surface area contributed by atoms with Crippen molar-refractivity contribution in [1.29, 1.82) is 0 Å². The number of phenolic OH excluding ortho intramolecular Hbond substituents is 1. The minimum absolute atomic E-state index is 0.139. The van der Waals surface area contributed by atoms with Gasteiger partial charge in [0.25, 0.3) is 0 Å². The fourth-order valence-electron chi connectivity index (χ4n) is 2.60. The molecule has 2 rings (SSSR count). The van der Waals surface area contributed by atoms with Gasteiger partial charge in [0.1, 0.15) is 11.6 Å². The first kappa shape index (κ1) is 11.9. The summed E-state index contributed by atoms with van der Waals surface area (Å²) >= 11 is 3.06. The van der Waals surface area contributed by atoms with Gasteiger partial charge in [-0.1, -0.05) is 12.8 Å². The topological polar surface area (TPSA) is 46.2 Å². The summed E-state index contributed by atoms with van der Waals surface area (Å²) in [5.41, 5.74) is 6.24. The monoisotopic (exact) mass is 287 g/mol. The first-order valence-corrected chi connectivity index (χ1v) is 6.27. The number of hydrogen-bond donors (Lipinski definition) is 2. The molecule has 0 amide bonds. The van der Waals surface area contributed by atoms with Gasteiger partial charge >= 0.3 is 0 Å². The molecule has 0 spiro atoms. The molecule has 0 bridgehead atoms. The van der Waals surface area contributed by atoms with Gasteiger partial charge in [-0.25, -0.2) is 4.39 Å². The molecular formula is C12H15BrFNO. The van der Waals surface area contributed by atoms with E-state index in [0.717, 1.165) is 25.7 Å². The van der Waals surface area contributed by atoms with Gasteiger partial charge in [-0.15, -0.1) is 0 Å². The molecule has 88 valence electrons. The highest BCUT2D eigenvalue weighted by atomic mass is 79.9. The molecule has 0 radical (unpaired) electrons. The van der Waals surface area contributed by atoms with Crippen LogP contribution in [0.25, 0.3) is 0 Å². The van der Waals surface area contributed by atoms with E-state index in [1.807, 2.05) is 0 Å². The van der Waals surface area contributed by atoms with Gasteiger partial charge in [0.2, 0.25) is 0 Å². The zero-order valence-electron chi connectivity index (χ0n) is 8.97. The third-order valence-corrected chi connectivity index (χ3v) is 4.17. The molecule has 0 unspecified atom stereocenters. The molecule has 1 saturated carbocycles. The molecule has 1 aromatic carbocycles. The van der Waals surface area contributed by atoms with Gasteiger partial charge in [0.05, 0.1) is 4.47 Å². The lowest BCUT2D eigenvalue weighted by Gasteiger charge is -2.28. The second-order valence-electron chi connectivity index (χ2n) is 4.48. The Kier molecular flexibility index (Phi) is 3.22. The van der Waals surface area contributed by atoms with Crippen molar-refractivity contribution in [3.8, 4) is 5.75 Å². The second kappa shape index (κ2) is 4.34. The molecule has 3 N–H and O–H groups in total. The van der Waals surface area contributed by atoms with Crippen LogP contribution in [-0.4, -0.2) is 11.7 Å². The summed E-state index contributed by atoms with van der Waals surface area (Å²) in [6.45, 7) is 0.460. The number of aromatic hydroxyl groups is 1. The van der Waals surface area contributed by atoms with E-state index in [-0.39, 0.29) is 17.0 Å². The average Bonchev–Trinajstić information content (AvgIpc) is 2.73. The molecule has 0 saturated heterocycles. The van der Waals surface area contributed by atoms with E-state index in [2.05, 4.69) is 15.9 Å². The van der Waals surface area contributed by atoms with Crippen LogP contribution in [0.5, 0.6) is 5.75 Å². The summed E-state index contributed by atoms with van der Waals surface area (Å²) in [7, 11) is 0. The second-order valence-corrected chi connectivity index (χ2v) is 5.33. The maximum absolute atomic E-state index is 13.5. The Morgan fingerprint density at radius 1 is 1.38 bits per heavy atom. The van der Waals surface area contributed by atoms with Crippen LogP contribution >= 0.6 is 15.9 Å². The lowest BCUT2D eigenvalue weighted by Crippen LogP contribution is -2.32. The zero-order chi connectivity index (χ0) is 11.8. The number of hydrogen-bond acceptors (Lipinski definition) is 2. The zero-order valence-corrected chi connectivity index (χ0v) is 10.6. The van der Waals surface area contributed by atoms with Crippen LogP contribution in [0.15, 0.2) is 16.6 Å². The minimum Gasteiger partial charge on any atom is -0.508 e. The van der Waals surface area contributed by atoms with Crippen LogP contribution in [0.2, 0.25) is 0 Å². The van der Waals surface area contributed by atoms with Crippen molar-refractivity contribution in [2.24, 2.45) is 5.73 Å². The van der Waals surface area contributed by atoms with Crippen molar-refractivity contribution >= 4 is 15.9 Å². The summed E-state index contributed by atoms with van der Waals surface area (Å²) in [5.74, 6) is -0.201. The summed E-state index contributed by atoms with van der Waals surface area (Å²) in [6.07, 6.45) is 4.04. The van der Waals surface area contributed by atoms with Crippen LogP contribution in [0.3, 0.4) is 0 Å². The number of halogens is 2. The fraction of sp³-hybridized carbons (Fsp3) is 0.500. The van der Waals surface area contributed by atoms with Crippen molar-refractivity contribution < 1.29 is 9.50 Å². The van der Waals surface area contributed by atoms with Gasteiger partial charge in [0, 0.05) is 17.5 Å². The number of nitrogens with two attached hydrogens (primary N) is 1. The molecular weight excluding hydrogens is 273 g/mol. The Hall–Kier alpha value is -0.610. The number of rotatable bonds is 2. The van der Waals surface area contributed by atoms with Crippen molar-refractivity contribution in [1.82, 2.24) is 0 Å². The van der Waals surface area contributed by atoms with Gasteiger partial charge < -0.3 is 10.8 Å². The van der Waals surface area contributed by atoms with E-state index >= 15 is 0 Å². The molecule has 0 heterocycles. The van der Waals surface area contributed by atoms with E-state index in [4.69, 9.17) is 5.73 Å². The van der Waals surface area contributed by atoms with E-state index in [1.165, 1.54) is 12.1 Å². The molecule has 2 nitrogen and oxygen atoms in total. The number of phenols is 1. The lowest BCUT2D eigenvalue weighted by molar-refractivity contribution is 0.402. The number of benzene rings is 1. The highest BCUT2D eigenvalue weighted by Crippen LogP contribution is 2.44. The Morgan fingerprint density at radius 3 is 2.56 bits per heavy atom. The Bertz CT molecular complexity index is 402. The summed E-state index contributed by atoms with van der Waals surface area (Å²) < 4.78 is 13.8. The van der Waals surface area contributed by atoms with E-state index in [0.29, 0.717) is 16.6 Å².